The molecule has 1 aliphatic heterocycles. The van der Waals surface area contributed by atoms with Gasteiger partial charge in [0.25, 0.3) is 15.9 Å². The van der Waals surface area contributed by atoms with Crippen molar-refractivity contribution in [1.82, 2.24) is 14.5 Å². The Bertz CT molecular complexity index is 711. The molecule has 3 heterocycles. The molecule has 0 aromatic carbocycles. The van der Waals surface area contributed by atoms with E-state index in [1.165, 1.54) is 16.6 Å². The third kappa shape index (κ3) is 2.86. The molecule has 0 aliphatic carbocycles. The van der Waals surface area contributed by atoms with Gasteiger partial charge in [-0.05, 0) is 12.8 Å². The lowest BCUT2D eigenvalue weighted by Gasteiger charge is -2.17. The first kappa shape index (κ1) is 14.3. The van der Waals surface area contributed by atoms with Crippen molar-refractivity contribution in [1.29, 1.82) is 0 Å². The van der Waals surface area contributed by atoms with E-state index in [0.29, 0.717) is 24.5 Å². The molecule has 2 aromatic heterocycles. The average Bonchev–Trinajstić information content (AvgIpc) is 3.01. The maximum absolute atomic E-state index is 12.6. The van der Waals surface area contributed by atoms with Crippen LogP contribution in [0.2, 0.25) is 0 Å². The number of rotatable bonds is 3. The van der Waals surface area contributed by atoms with Crippen molar-refractivity contribution in [2.45, 2.75) is 37.7 Å². The molecule has 1 fully saturated rings. The average molecular weight is 311 g/mol. The van der Waals surface area contributed by atoms with Crippen molar-refractivity contribution in [3.63, 3.8) is 0 Å². The largest absolute Gasteiger partial charge is 0.451 e. The van der Waals surface area contributed by atoms with E-state index < -0.39 is 10.0 Å². The van der Waals surface area contributed by atoms with E-state index in [-0.39, 0.29) is 11.0 Å². The van der Waals surface area contributed by atoms with Crippen LogP contribution < -0.4 is 0 Å². The highest BCUT2D eigenvalue weighted by Crippen LogP contribution is 2.26. The smallest absolute Gasteiger partial charge is 0.276 e. The second-order valence-electron chi connectivity index (χ2n) is 5.10. The Hall–Kier alpha value is -1.67. The highest BCUT2D eigenvalue weighted by Gasteiger charge is 2.29. The number of hydrogen-bond acceptors (Lipinski definition) is 6. The second kappa shape index (κ2) is 5.61. The molecule has 0 radical (unpaired) electrons. The van der Waals surface area contributed by atoms with Gasteiger partial charge in [-0.1, -0.05) is 12.8 Å². The van der Waals surface area contributed by atoms with Crippen molar-refractivity contribution >= 4 is 10.0 Å². The number of aromatic nitrogens is 2. The van der Waals surface area contributed by atoms with Crippen LogP contribution in [0.1, 0.15) is 31.6 Å². The quantitative estimate of drug-likeness (QED) is 0.863. The Morgan fingerprint density at radius 2 is 1.86 bits per heavy atom. The molecule has 1 aliphatic rings. The standard InChI is InChI=1S/C13H17N3O4S/c1-10-14-15-13(20-10)11-8-12(19-9-11)21(17,18)16-6-4-2-3-5-7-16/h8-9H,2-7H2,1H3. The van der Waals surface area contributed by atoms with Gasteiger partial charge in [-0.3, -0.25) is 0 Å². The molecule has 0 unspecified atom stereocenters. The van der Waals surface area contributed by atoms with Gasteiger partial charge in [0.2, 0.25) is 11.0 Å². The fourth-order valence-electron chi connectivity index (χ4n) is 2.39. The van der Waals surface area contributed by atoms with Crippen LogP contribution in [0.25, 0.3) is 11.5 Å². The summed E-state index contributed by atoms with van der Waals surface area (Å²) in [4.78, 5) is 0. The summed E-state index contributed by atoms with van der Waals surface area (Å²) < 4.78 is 37.1. The van der Waals surface area contributed by atoms with Crippen LogP contribution in [0.4, 0.5) is 0 Å². The molecule has 3 rings (SSSR count). The van der Waals surface area contributed by atoms with Gasteiger partial charge < -0.3 is 8.83 Å². The summed E-state index contributed by atoms with van der Waals surface area (Å²) in [6.07, 6.45) is 5.23. The van der Waals surface area contributed by atoms with Crippen molar-refractivity contribution in [2.75, 3.05) is 13.1 Å². The van der Waals surface area contributed by atoms with E-state index in [0.717, 1.165) is 25.7 Å². The van der Waals surface area contributed by atoms with Gasteiger partial charge in [0.05, 0.1) is 5.56 Å². The molecule has 0 bridgehead atoms. The summed E-state index contributed by atoms with van der Waals surface area (Å²) in [5.41, 5.74) is 0.476. The lowest BCUT2D eigenvalue weighted by Crippen LogP contribution is -2.31. The van der Waals surface area contributed by atoms with Gasteiger partial charge in [-0.25, -0.2) is 8.42 Å². The zero-order valence-electron chi connectivity index (χ0n) is 11.8. The number of aryl methyl sites for hydroxylation is 1. The van der Waals surface area contributed by atoms with E-state index in [1.807, 2.05) is 0 Å². The molecule has 0 atom stereocenters. The zero-order valence-corrected chi connectivity index (χ0v) is 12.6. The highest BCUT2D eigenvalue weighted by atomic mass is 32.2. The van der Waals surface area contributed by atoms with Gasteiger partial charge >= 0.3 is 0 Å². The van der Waals surface area contributed by atoms with Gasteiger partial charge in [0, 0.05) is 26.1 Å². The van der Waals surface area contributed by atoms with Crippen LogP contribution in [-0.2, 0) is 10.0 Å². The van der Waals surface area contributed by atoms with Gasteiger partial charge in [0.1, 0.15) is 6.26 Å². The minimum Gasteiger partial charge on any atom is -0.451 e. The second-order valence-corrected chi connectivity index (χ2v) is 6.97. The summed E-state index contributed by atoms with van der Waals surface area (Å²) in [6, 6.07) is 1.44. The number of nitrogens with zero attached hydrogens (tertiary/aromatic N) is 3. The molecule has 0 amide bonds. The Morgan fingerprint density at radius 1 is 1.14 bits per heavy atom. The van der Waals surface area contributed by atoms with Gasteiger partial charge in [-0.15, -0.1) is 10.2 Å². The summed E-state index contributed by atoms with van der Waals surface area (Å²) in [7, 11) is -3.59. The van der Waals surface area contributed by atoms with Gasteiger partial charge in [0.15, 0.2) is 0 Å². The molecule has 1 saturated heterocycles. The number of hydrogen-bond donors (Lipinski definition) is 0. The fourth-order valence-corrected chi connectivity index (χ4v) is 3.83. The normalized spacial score (nSPS) is 17.8. The Balaban J connectivity index is 1.87. The monoisotopic (exact) mass is 311 g/mol. The number of furan rings is 1. The van der Waals surface area contributed by atoms with Crippen molar-refractivity contribution in [3.8, 4) is 11.5 Å². The maximum Gasteiger partial charge on any atom is 0.276 e. The van der Waals surface area contributed by atoms with E-state index in [1.54, 1.807) is 6.92 Å². The van der Waals surface area contributed by atoms with Crippen molar-refractivity contribution in [2.24, 2.45) is 0 Å². The molecule has 0 N–H and O–H groups in total. The topological polar surface area (TPSA) is 89.4 Å². The Morgan fingerprint density at radius 3 is 2.48 bits per heavy atom. The predicted octanol–water partition coefficient (Wildman–Crippen LogP) is 2.20. The van der Waals surface area contributed by atoms with E-state index >= 15 is 0 Å². The molecular weight excluding hydrogens is 294 g/mol. The molecule has 7 nitrogen and oxygen atoms in total. The summed E-state index contributed by atoms with van der Waals surface area (Å²) in [6.45, 7) is 2.75. The van der Waals surface area contributed by atoms with Crippen LogP contribution in [0.15, 0.2) is 26.3 Å². The minimum absolute atomic E-state index is 0.0738. The molecule has 0 saturated carbocycles. The number of sulfonamides is 1. The minimum atomic E-state index is -3.59. The van der Waals surface area contributed by atoms with Crippen LogP contribution in [0.3, 0.4) is 0 Å². The summed E-state index contributed by atoms with van der Waals surface area (Å²) >= 11 is 0. The zero-order chi connectivity index (χ0) is 14.9. The van der Waals surface area contributed by atoms with Crippen LogP contribution in [-0.4, -0.2) is 36.0 Å². The molecule has 2 aromatic rings. The van der Waals surface area contributed by atoms with Gasteiger partial charge in [-0.2, -0.15) is 4.31 Å². The Labute approximate surface area is 123 Å². The molecule has 21 heavy (non-hydrogen) atoms. The van der Waals surface area contributed by atoms with Crippen molar-refractivity contribution in [3.05, 3.63) is 18.2 Å². The third-order valence-electron chi connectivity index (χ3n) is 3.51. The fraction of sp³-hybridized carbons (Fsp3) is 0.538. The van der Waals surface area contributed by atoms with Crippen LogP contribution in [0, 0.1) is 6.92 Å². The molecule has 0 spiro atoms. The Kier molecular flexibility index (Phi) is 3.81. The molecule has 8 heteroatoms. The molecule has 114 valence electrons. The van der Waals surface area contributed by atoms with E-state index in [9.17, 15) is 8.42 Å². The van der Waals surface area contributed by atoms with Crippen LogP contribution in [0.5, 0.6) is 0 Å². The first-order valence-electron chi connectivity index (χ1n) is 6.96. The lowest BCUT2D eigenvalue weighted by molar-refractivity contribution is 0.386. The lowest BCUT2D eigenvalue weighted by atomic mass is 10.2. The summed E-state index contributed by atoms with van der Waals surface area (Å²) in [5.74, 6) is 0.677. The van der Waals surface area contributed by atoms with Crippen molar-refractivity contribution < 1.29 is 17.3 Å². The third-order valence-corrected chi connectivity index (χ3v) is 5.28. The van der Waals surface area contributed by atoms with Crippen LogP contribution >= 0.6 is 0 Å². The summed E-state index contributed by atoms with van der Waals surface area (Å²) in [5, 5.41) is 7.50. The maximum atomic E-state index is 12.6. The first-order chi connectivity index (χ1) is 10.1. The predicted molar refractivity (Wildman–Crippen MR) is 74.0 cm³/mol. The van der Waals surface area contributed by atoms with E-state index in [2.05, 4.69) is 10.2 Å². The SMILES string of the molecule is Cc1nnc(-c2coc(S(=O)(=O)N3CCCCCC3)c2)o1. The first-order valence-corrected chi connectivity index (χ1v) is 8.40. The van der Waals surface area contributed by atoms with E-state index in [4.69, 9.17) is 8.83 Å². The molecular formula is C13H17N3O4S. The highest BCUT2D eigenvalue weighted by molar-refractivity contribution is 7.89.